The van der Waals surface area contributed by atoms with E-state index in [1.807, 2.05) is 42.5 Å². The van der Waals surface area contributed by atoms with E-state index in [-0.39, 0.29) is 11.5 Å². The minimum Gasteiger partial charge on any atom is -0.295 e. The quantitative estimate of drug-likeness (QED) is 0.689. The summed E-state index contributed by atoms with van der Waals surface area (Å²) in [7, 11) is 1.75. The summed E-state index contributed by atoms with van der Waals surface area (Å²) in [6, 6.07) is 16.8. The van der Waals surface area contributed by atoms with Crippen molar-refractivity contribution in [1.82, 2.24) is 9.13 Å². The molecule has 106 valence electrons. The number of aryl methyl sites for hydroxylation is 2. The maximum Gasteiger partial charge on any atom is 0.328 e. The zero-order valence-corrected chi connectivity index (χ0v) is 11.8. The number of hydrogen-bond donors (Lipinski definition) is 0. The molecule has 4 heteroatoms. The lowest BCUT2D eigenvalue weighted by molar-refractivity contribution is 0.0977. The zero-order valence-electron chi connectivity index (χ0n) is 11.8. The topological polar surface area (TPSA) is 44.0 Å². The second-order valence-corrected chi connectivity index (χ2v) is 5.02. The summed E-state index contributed by atoms with van der Waals surface area (Å²) < 4.78 is 3.28. The van der Waals surface area contributed by atoms with E-state index in [4.69, 9.17) is 0 Å². The van der Waals surface area contributed by atoms with Crippen molar-refractivity contribution in [2.45, 2.75) is 13.0 Å². The first-order valence-corrected chi connectivity index (χ1v) is 6.91. The van der Waals surface area contributed by atoms with Crippen molar-refractivity contribution in [2.75, 3.05) is 0 Å². The Labute approximate surface area is 122 Å². The second-order valence-electron chi connectivity index (χ2n) is 5.02. The summed E-state index contributed by atoms with van der Waals surface area (Å²) in [4.78, 5) is 24.4. The first-order valence-electron chi connectivity index (χ1n) is 6.91. The van der Waals surface area contributed by atoms with E-state index in [1.165, 1.54) is 0 Å². The van der Waals surface area contributed by atoms with Crippen LogP contribution in [-0.4, -0.2) is 14.9 Å². The molecule has 4 nitrogen and oxygen atoms in total. The average Bonchev–Trinajstić information content (AvgIpc) is 2.78. The highest BCUT2D eigenvalue weighted by Gasteiger charge is 2.12. The van der Waals surface area contributed by atoms with Crippen LogP contribution in [-0.2, 0) is 13.6 Å². The van der Waals surface area contributed by atoms with Crippen LogP contribution in [0.1, 0.15) is 16.8 Å². The third kappa shape index (κ3) is 2.40. The molecule has 0 spiro atoms. The van der Waals surface area contributed by atoms with Gasteiger partial charge in [-0.2, -0.15) is 0 Å². The Morgan fingerprint density at radius 3 is 2.29 bits per heavy atom. The van der Waals surface area contributed by atoms with Crippen molar-refractivity contribution in [3.8, 4) is 0 Å². The van der Waals surface area contributed by atoms with E-state index in [2.05, 4.69) is 0 Å². The van der Waals surface area contributed by atoms with Crippen molar-refractivity contribution in [3.63, 3.8) is 0 Å². The van der Waals surface area contributed by atoms with Crippen LogP contribution in [0.2, 0.25) is 0 Å². The number of para-hydroxylation sites is 2. The van der Waals surface area contributed by atoms with E-state index in [0.717, 1.165) is 11.0 Å². The zero-order chi connectivity index (χ0) is 14.8. The Hall–Kier alpha value is -2.62. The number of nitrogens with zero attached hydrogens (tertiary/aromatic N) is 2. The SMILES string of the molecule is Cn1c(=O)n(CCC(=O)c2ccccc2)c2ccccc21. The van der Waals surface area contributed by atoms with Crippen LogP contribution >= 0.6 is 0 Å². The summed E-state index contributed by atoms with van der Waals surface area (Å²) >= 11 is 0. The highest BCUT2D eigenvalue weighted by Crippen LogP contribution is 2.12. The second kappa shape index (κ2) is 5.40. The van der Waals surface area contributed by atoms with Gasteiger partial charge >= 0.3 is 5.69 Å². The molecule has 0 radical (unpaired) electrons. The first kappa shape index (κ1) is 13.4. The largest absolute Gasteiger partial charge is 0.328 e. The molecule has 0 saturated heterocycles. The first-order chi connectivity index (χ1) is 10.2. The van der Waals surface area contributed by atoms with Gasteiger partial charge in [0.15, 0.2) is 5.78 Å². The van der Waals surface area contributed by atoms with Crippen LogP contribution in [0, 0.1) is 0 Å². The van der Waals surface area contributed by atoms with E-state index < -0.39 is 0 Å². The van der Waals surface area contributed by atoms with E-state index in [9.17, 15) is 9.59 Å². The number of benzene rings is 2. The number of aromatic nitrogens is 2. The summed E-state index contributed by atoms with van der Waals surface area (Å²) in [5, 5.41) is 0. The molecule has 0 fully saturated rings. The van der Waals surface area contributed by atoms with Crippen molar-refractivity contribution in [2.24, 2.45) is 7.05 Å². The maximum atomic E-state index is 12.3. The van der Waals surface area contributed by atoms with Gasteiger partial charge in [-0.3, -0.25) is 13.9 Å². The fraction of sp³-hybridized carbons (Fsp3) is 0.176. The van der Waals surface area contributed by atoms with Crippen LogP contribution in [0.3, 0.4) is 0 Å². The van der Waals surface area contributed by atoms with Gasteiger partial charge in [-0.25, -0.2) is 4.79 Å². The Morgan fingerprint density at radius 2 is 1.57 bits per heavy atom. The molecule has 2 aromatic carbocycles. The van der Waals surface area contributed by atoms with Gasteiger partial charge in [0, 0.05) is 25.6 Å². The molecule has 0 N–H and O–H groups in total. The maximum absolute atomic E-state index is 12.3. The molecule has 0 atom stereocenters. The Morgan fingerprint density at radius 1 is 0.952 bits per heavy atom. The van der Waals surface area contributed by atoms with Crippen LogP contribution in [0.4, 0.5) is 0 Å². The highest BCUT2D eigenvalue weighted by atomic mass is 16.2. The Bertz CT molecular complexity index is 844. The smallest absolute Gasteiger partial charge is 0.295 e. The number of hydrogen-bond acceptors (Lipinski definition) is 2. The van der Waals surface area contributed by atoms with Gasteiger partial charge in [-0.15, -0.1) is 0 Å². The molecular formula is C17H16N2O2. The van der Waals surface area contributed by atoms with Gasteiger partial charge in [-0.05, 0) is 12.1 Å². The molecule has 21 heavy (non-hydrogen) atoms. The number of fused-ring (bicyclic) bond motifs is 1. The average molecular weight is 280 g/mol. The van der Waals surface area contributed by atoms with Gasteiger partial charge in [0.05, 0.1) is 11.0 Å². The normalized spacial score (nSPS) is 10.9. The van der Waals surface area contributed by atoms with Gasteiger partial charge in [-0.1, -0.05) is 42.5 Å². The molecule has 3 aromatic rings. The van der Waals surface area contributed by atoms with Crippen LogP contribution in [0.5, 0.6) is 0 Å². The molecule has 3 rings (SSSR count). The van der Waals surface area contributed by atoms with E-state index in [0.29, 0.717) is 18.5 Å². The van der Waals surface area contributed by atoms with Gasteiger partial charge < -0.3 is 0 Å². The third-order valence-corrected chi connectivity index (χ3v) is 3.71. The molecule has 0 bridgehead atoms. The van der Waals surface area contributed by atoms with Crippen molar-refractivity contribution in [3.05, 3.63) is 70.6 Å². The van der Waals surface area contributed by atoms with Gasteiger partial charge in [0.25, 0.3) is 0 Å². The summed E-state index contributed by atoms with van der Waals surface area (Å²) in [5.74, 6) is 0.0513. The third-order valence-electron chi connectivity index (χ3n) is 3.71. The van der Waals surface area contributed by atoms with E-state index >= 15 is 0 Å². The molecular weight excluding hydrogens is 264 g/mol. The van der Waals surface area contributed by atoms with Crippen molar-refractivity contribution >= 4 is 16.8 Å². The van der Waals surface area contributed by atoms with Crippen LogP contribution < -0.4 is 5.69 Å². The molecule has 1 heterocycles. The number of carbonyl (C=O) groups excluding carboxylic acids is 1. The summed E-state index contributed by atoms with van der Waals surface area (Å²) in [5.41, 5.74) is 2.35. The molecule has 0 aliphatic carbocycles. The minimum absolute atomic E-state index is 0.0513. The number of imidazole rings is 1. The monoisotopic (exact) mass is 280 g/mol. The lowest BCUT2D eigenvalue weighted by Gasteiger charge is -2.03. The summed E-state index contributed by atoms with van der Waals surface area (Å²) in [6.07, 6.45) is 0.317. The number of Topliss-reactive ketones (excluding diaryl/α,β-unsaturated/α-hetero) is 1. The predicted molar refractivity (Wildman–Crippen MR) is 82.6 cm³/mol. The van der Waals surface area contributed by atoms with Crippen molar-refractivity contribution < 1.29 is 4.79 Å². The van der Waals surface area contributed by atoms with Gasteiger partial charge in [0.1, 0.15) is 0 Å². The highest BCUT2D eigenvalue weighted by molar-refractivity contribution is 5.96. The van der Waals surface area contributed by atoms with Crippen LogP contribution in [0.25, 0.3) is 11.0 Å². The molecule has 0 saturated carbocycles. The molecule has 0 aliphatic heterocycles. The van der Waals surface area contributed by atoms with Crippen molar-refractivity contribution in [1.29, 1.82) is 0 Å². The Kier molecular flexibility index (Phi) is 3.44. The molecule has 1 aromatic heterocycles. The fourth-order valence-electron chi connectivity index (χ4n) is 2.56. The molecule has 0 amide bonds. The van der Waals surface area contributed by atoms with Gasteiger partial charge in [0.2, 0.25) is 0 Å². The molecule has 0 unspecified atom stereocenters. The lowest BCUT2D eigenvalue weighted by Crippen LogP contribution is -2.23. The van der Waals surface area contributed by atoms with Crippen LogP contribution in [0.15, 0.2) is 59.4 Å². The predicted octanol–water partition coefficient (Wildman–Crippen LogP) is 2.61. The Balaban J connectivity index is 1.88. The minimum atomic E-state index is -0.0861. The number of carbonyl (C=O) groups is 1. The number of rotatable bonds is 4. The standard InChI is InChI=1S/C17H16N2O2/c1-18-14-9-5-6-10-15(14)19(17(18)21)12-11-16(20)13-7-3-2-4-8-13/h2-10H,11-12H2,1H3. The van der Waals surface area contributed by atoms with E-state index in [1.54, 1.807) is 28.3 Å². The lowest BCUT2D eigenvalue weighted by atomic mass is 10.1. The number of ketones is 1. The molecule has 0 aliphatic rings. The summed E-state index contributed by atoms with van der Waals surface area (Å²) in [6.45, 7) is 0.397. The fourth-order valence-corrected chi connectivity index (χ4v) is 2.56.